The summed E-state index contributed by atoms with van der Waals surface area (Å²) in [5.41, 5.74) is -0.699. The summed E-state index contributed by atoms with van der Waals surface area (Å²) in [6.45, 7) is 3.01. The Hall–Kier alpha value is -2.58. The fourth-order valence-corrected chi connectivity index (χ4v) is 2.23. The van der Waals surface area contributed by atoms with Crippen molar-refractivity contribution in [2.75, 3.05) is 11.9 Å². The quantitative estimate of drug-likeness (QED) is 0.823. The third-order valence-electron chi connectivity index (χ3n) is 3.52. The van der Waals surface area contributed by atoms with E-state index in [4.69, 9.17) is 0 Å². The predicted molar refractivity (Wildman–Crippen MR) is 78.9 cm³/mol. The van der Waals surface area contributed by atoms with Crippen molar-refractivity contribution in [3.63, 3.8) is 0 Å². The first-order valence-corrected chi connectivity index (χ1v) is 7.18. The molecule has 0 aliphatic carbocycles. The molecule has 4 amide bonds. The Labute approximate surface area is 136 Å². The number of hydrogen-bond donors (Lipinski definition) is 2. The van der Waals surface area contributed by atoms with E-state index < -0.39 is 42.2 Å². The topological polar surface area (TPSA) is 78.5 Å². The molecule has 1 aliphatic heterocycles. The molecule has 1 aromatic rings. The highest BCUT2D eigenvalue weighted by molar-refractivity contribution is 6.08. The maximum absolute atomic E-state index is 12.5. The molecule has 1 aromatic carbocycles. The first kappa shape index (κ1) is 17.8. The number of anilines is 1. The van der Waals surface area contributed by atoms with Crippen molar-refractivity contribution in [2.45, 2.75) is 26.1 Å². The van der Waals surface area contributed by atoms with Crippen molar-refractivity contribution in [3.05, 3.63) is 29.8 Å². The molecule has 2 N–H and O–H groups in total. The SMILES string of the molecule is CC(C)C1NC(=O)N(CC(=O)Nc2ccc(C(F)(F)F)cc2)C1=O. The van der Waals surface area contributed by atoms with Gasteiger partial charge in [0.1, 0.15) is 12.6 Å². The summed E-state index contributed by atoms with van der Waals surface area (Å²) < 4.78 is 37.4. The number of nitrogens with zero attached hydrogens (tertiary/aromatic N) is 1. The van der Waals surface area contributed by atoms with Crippen LogP contribution in [0.4, 0.5) is 23.7 Å². The second-order valence-corrected chi connectivity index (χ2v) is 5.72. The first-order valence-electron chi connectivity index (χ1n) is 7.18. The minimum atomic E-state index is -4.46. The number of benzene rings is 1. The molecule has 0 aromatic heterocycles. The average Bonchev–Trinajstić information content (AvgIpc) is 2.75. The molecule has 1 atom stereocenters. The Morgan fingerprint density at radius 3 is 2.29 bits per heavy atom. The zero-order valence-electron chi connectivity index (χ0n) is 13.0. The van der Waals surface area contributed by atoms with E-state index >= 15 is 0 Å². The summed E-state index contributed by atoms with van der Waals surface area (Å²) in [4.78, 5) is 36.5. The van der Waals surface area contributed by atoms with Gasteiger partial charge in [-0.15, -0.1) is 0 Å². The summed E-state index contributed by atoms with van der Waals surface area (Å²) in [6.07, 6.45) is -4.46. The van der Waals surface area contributed by atoms with Crippen molar-refractivity contribution in [3.8, 4) is 0 Å². The predicted octanol–water partition coefficient (Wildman–Crippen LogP) is 2.22. The van der Waals surface area contributed by atoms with E-state index in [2.05, 4.69) is 10.6 Å². The number of urea groups is 1. The zero-order chi connectivity index (χ0) is 18.1. The van der Waals surface area contributed by atoms with Gasteiger partial charge in [-0.05, 0) is 30.2 Å². The van der Waals surface area contributed by atoms with Crippen LogP contribution in [0.5, 0.6) is 0 Å². The van der Waals surface area contributed by atoms with Gasteiger partial charge in [-0.2, -0.15) is 13.2 Å². The fraction of sp³-hybridized carbons (Fsp3) is 0.400. The first-order chi connectivity index (χ1) is 11.1. The lowest BCUT2D eigenvalue weighted by Gasteiger charge is -2.14. The van der Waals surface area contributed by atoms with Gasteiger partial charge in [0.25, 0.3) is 5.91 Å². The number of imide groups is 1. The summed E-state index contributed by atoms with van der Waals surface area (Å²) in [5, 5.41) is 4.83. The van der Waals surface area contributed by atoms with Crippen LogP contribution in [-0.4, -0.2) is 35.3 Å². The Balaban J connectivity index is 1.99. The molecule has 6 nitrogen and oxygen atoms in total. The lowest BCUT2D eigenvalue weighted by atomic mass is 10.1. The van der Waals surface area contributed by atoms with Crippen LogP contribution in [0, 0.1) is 5.92 Å². The Bertz CT molecular complexity index is 656. The van der Waals surface area contributed by atoms with Crippen LogP contribution in [0.3, 0.4) is 0 Å². The minimum absolute atomic E-state index is 0.121. The molecule has 1 unspecified atom stereocenters. The Morgan fingerprint density at radius 2 is 1.83 bits per heavy atom. The summed E-state index contributed by atoms with van der Waals surface area (Å²) in [5.74, 6) is -1.30. The monoisotopic (exact) mass is 343 g/mol. The van der Waals surface area contributed by atoms with Crippen LogP contribution in [0.1, 0.15) is 19.4 Å². The molecule has 0 radical (unpaired) electrons. The standard InChI is InChI=1S/C15H16F3N3O3/c1-8(2)12-13(23)21(14(24)20-12)7-11(22)19-10-5-3-9(4-6-10)15(16,17)18/h3-6,8,12H,7H2,1-2H3,(H,19,22)(H,20,24). The maximum atomic E-state index is 12.5. The number of alkyl halides is 3. The molecule has 24 heavy (non-hydrogen) atoms. The van der Waals surface area contributed by atoms with Crippen LogP contribution in [-0.2, 0) is 15.8 Å². The highest BCUT2D eigenvalue weighted by atomic mass is 19.4. The van der Waals surface area contributed by atoms with Gasteiger partial charge < -0.3 is 10.6 Å². The molecular formula is C15H16F3N3O3. The number of carbonyl (C=O) groups excluding carboxylic acids is 3. The van der Waals surface area contributed by atoms with Crippen LogP contribution in [0.25, 0.3) is 0 Å². The summed E-state index contributed by atoms with van der Waals surface area (Å²) in [7, 11) is 0. The molecule has 2 rings (SSSR count). The van der Waals surface area contributed by atoms with Gasteiger partial charge in [0.15, 0.2) is 0 Å². The van der Waals surface area contributed by atoms with Crippen molar-refractivity contribution >= 4 is 23.5 Å². The van der Waals surface area contributed by atoms with Gasteiger partial charge in [-0.25, -0.2) is 4.79 Å². The Kier molecular flexibility index (Phi) is 4.81. The molecule has 0 bridgehead atoms. The van der Waals surface area contributed by atoms with Crippen LogP contribution >= 0.6 is 0 Å². The van der Waals surface area contributed by atoms with E-state index in [0.717, 1.165) is 29.2 Å². The van der Waals surface area contributed by atoms with Crippen molar-refractivity contribution in [1.29, 1.82) is 0 Å². The largest absolute Gasteiger partial charge is 0.416 e. The Morgan fingerprint density at radius 1 is 1.25 bits per heavy atom. The number of halogens is 3. The number of nitrogens with one attached hydrogen (secondary N) is 2. The van der Waals surface area contributed by atoms with Crippen molar-refractivity contribution in [1.82, 2.24) is 10.2 Å². The van der Waals surface area contributed by atoms with E-state index in [1.165, 1.54) is 0 Å². The van der Waals surface area contributed by atoms with E-state index in [-0.39, 0.29) is 11.6 Å². The van der Waals surface area contributed by atoms with Crippen LogP contribution in [0.2, 0.25) is 0 Å². The van der Waals surface area contributed by atoms with Gasteiger partial charge in [0.2, 0.25) is 5.91 Å². The number of carbonyl (C=O) groups is 3. The number of hydrogen-bond acceptors (Lipinski definition) is 3. The summed E-state index contributed by atoms with van der Waals surface area (Å²) in [6, 6.07) is 2.51. The smallest absolute Gasteiger partial charge is 0.326 e. The minimum Gasteiger partial charge on any atom is -0.326 e. The van der Waals surface area contributed by atoms with Crippen LogP contribution < -0.4 is 10.6 Å². The third-order valence-corrected chi connectivity index (χ3v) is 3.52. The van der Waals surface area contributed by atoms with Gasteiger partial charge >= 0.3 is 12.2 Å². The number of rotatable bonds is 4. The second kappa shape index (κ2) is 6.50. The van der Waals surface area contributed by atoms with Gasteiger partial charge in [0, 0.05) is 5.69 Å². The highest BCUT2D eigenvalue weighted by Crippen LogP contribution is 2.29. The molecule has 1 heterocycles. The van der Waals surface area contributed by atoms with Crippen molar-refractivity contribution in [2.24, 2.45) is 5.92 Å². The molecule has 1 saturated heterocycles. The number of amides is 4. The van der Waals surface area contributed by atoms with E-state index in [9.17, 15) is 27.6 Å². The van der Waals surface area contributed by atoms with Gasteiger partial charge in [-0.1, -0.05) is 13.8 Å². The summed E-state index contributed by atoms with van der Waals surface area (Å²) >= 11 is 0. The zero-order valence-corrected chi connectivity index (χ0v) is 13.0. The molecule has 0 saturated carbocycles. The van der Waals surface area contributed by atoms with E-state index in [0.29, 0.717) is 0 Å². The van der Waals surface area contributed by atoms with Gasteiger partial charge in [-0.3, -0.25) is 14.5 Å². The molecule has 1 fully saturated rings. The highest BCUT2D eigenvalue weighted by Gasteiger charge is 2.40. The van der Waals surface area contributed by atoms with Crippen molar-refractivity contribution < 1.29 is 27.6 Å². The normalized spacial score (nSPS) is 18.1. The van der Waals surface area contributed by atoms with E-state index in [1.807, 2.05) is 0 Å². The molecular weight excluding hydrogens is 327 g/mol. The fourth-order valence-electron chi connectivity index (χ4n) is 2.23. The molecule has 130 valence electrons. The van der Waals surface area contributed by atoms with Gasteiger partial charge in [0.05, 0.1) is 5.56 Å². The second-order valence-electron chi connectivity index (χ2n) is 5.72. The maximum Gasteiger partial charge on any atom is 0.416 e. The molecule has 1 aliphatic rings. The average molecular weight is 343 g/mol. The molecule has 9 heteroatoms. The lowest BCUT2D eigenvalue weighted by Crippen LogP contribution is -2.39. The lowest BCUT2D eigenvalue weighted by molar-refractivity contribution is -0.137. The molecule has 0 spiro atoms. The third kappa shape index (κ3) is 3.84. The van der Waals surface area contributed by atoms with Crippen LogP contribution in [0.15, 0.2) is 24.3 Å². The van der Waals surface area contributed by atoms with E-state index in [1.54, 1.807) is 13.8 Å².